The second-order valence-corrected chi connectivity index (χ2v) is 5.10. The lowest BCUT2D eigenvalue weighted by Gasteiger charge is -2.19. The number of aromatic nitrogens is 1. The van der Waals surface area contributed by atoms with Gasteiger partial charge in [0.05, 0.1) is 6.61 Å². The summed E-state index contributed by atoms with van der Waals surface area (Å²) in [6.07, 6.45) is 1.14. The minimum Gasteiger partial charge on any atom is -0.381 e. The largest absolute Gasteiger partial charge is 0.381 e. The third-order valence-corrected chi connectivity index (χ3v) is 4.04. The fourth-order valence-electron chi connectivity index (χ4n) is 2.43. The van der Waals surface area contributed by atoms with Crippen LogP contribution in [0.2, 0.25) is 0 Å². The van der Waals surface area contributed by atoms with Gasteiger partial charge in [0.25, 0.3) is 0 Å². The molecule has 1 fully saturated rings. The van der Waals surface area contributed by atoms with E-state index in [2.05, 4.69) is 25.2 Å². The van der Waals surface area contributed by atoms with Crippen LogP contribution in [0.4, 0.5) is 0 Å². The van der Waals surface area contributed by atoms with Gasteiger partial charge in [-0.2, -0.15) is 5.26 Å². The summed E-state index contributed by atoms with van der Waals surface area (Å²) in [4.78, 5) is 0. The zero-order valence-corrected chi connectivity index (χ0v) is 11.4. The van der Waals surface area contributed by atoms with Gasteiger partial charge < -0.3 is 14.6 Å². The van der Waals surface area contributed by atoms with Crippen LogP contribution >= 0.6 is 0 Å². The molecule has 0 bridgehead atoms. The Morgan fingerprint density at radius 3 is 3.00 bits per heavy atom. The molecule has 4 heteroatoms. The Labute approximate surface area is 109 Å². The fraction of sp³-hybridized carbons (Fsp3) is 0.643. The molecule has 1 aliphatic heterocycles. The molecule has 0 spiro atoms. The van der Waals surface area contributed by atoms with Gasteiger partial charge in [-0.3, -0.25) is 0 Å². The summed E-state index contributed by atoms with van der Waals surface area (Å²) in [5.74, 6) is 0.615. The van der Waals surface area contributed by atoms with Crippen molar-refractivity contribution < 1.29 is 4.74 Å². The van der Waals surface area contributed by atoms with E-state index in [0.717, 1.165) is 37.6 Å². The topological polar surface area (TPSA) is 50.0 Å². The highest BCUT2D eigenvalue weighted by Gasteiger charge is 2.22. The number of hydrogen-bond acceptors (Lipinski definition) is 3. The van der Waals surface area contributed by atoms with Crippen LogP contribution in [0.15, 0.2) is 6.07 Å². The Balaban J connectivity index is 1.95. The number of nitrogens with one attached hydrogen (secondary N) is 1. The summed E-state index contributed by atoms with van der Waals surface area (Å²) in [5.41, 5.74) is 3.09. The monoisotopic (exact) mass is 247 g/mol. The van der Waals surface area contributed by atoms with Gasteiger partial charge in [-0.05, 0) is 37.8 Å². The first-order valence-corrected chi connectivity index (χ1v) is 6.50. The van der Waals surface area contributed by atoms with E-state index >= 15 is 0 Å². The Kier molecular flexibility index (Phi) is 4.05. The molecule has 0 saturated carbocycles. The highest BCUT2D eigenvalue weighted by atomic mass is 16.5. The van der Waals surface area contributed by atoms with E-state index in [9.17, 15) is 0 Å². The van der Waals surface area contributed by atoms with Gasteiger partial charge in [-0.1, -0.05) is 0 Å². The highest BCUT2D eigenvalue weighted by molar-refractivity contribution is 5.34. The Bertz CT molecular complexity index is 452. The van der Waals surface area contributed by atoms with Crippen LogP contribution in [-0.2, 0) is 18.3 Å². The summed E-state index contributed by atoms with van der Waals surface area (Å²) in [7, 11) is 1.94. The van der Waals surface area contributed by atoms with Crippen molar-refractivity contribution in [2.75, 3.05) is 13.2 Å². The summed E-state index contributed by atoms with van der Waals surface area (Å²) < 4.78 is 7.35. The minimum atomic E-state index is 0.456. The van der Waals surface area contributed by atoms with Crippen LogP contribution in [0.3, 0.4) is 0 Å². The van der Waals surface area contributed by atoms with Crippen molar-refractivity contribution in [3.63, 3.8) is 0 Å². The second-order valence-electron chi connectivity index (χ2n) is 5.10. The van der Waals surface area contributed by atoms with E-state index in [1.807, 2.05) is 17.7 Å². The molecule has 98 valence electrons. The molecular formula is C14H21N3O. The molecule has 4 nitrogen and oxygen atoms in total. The fourth-order valence-corrected chi connectivity index (χ4v) is 2.43. The Morgan fingerprint density at radius 2 is 2.44 bits per heavy atom. The van der Waals surface area contributed by atoms with Gasteiger partial charge in [-0.15, -0.1) is 0 Å². The molecule has 2 unspecified atom stereocenters. The molecule has 0 radical (unpaired) electrons. The van der Waals surface area contributed by atoms with Gasteiger partial charge in [0.1, 0.15) is 11.8 Å². The van der Waals surface area contributed by atoms with Crippen molar-refractivity contribution in [1.29, 1.82) is 5.26 Å². The normalized spacial score (nSPS) is 20.9. The van der Waals surface area contributed by atoms with E-state index in [0.29, 0.717) is 12.0 Å². The zero-order valence-electron chi connectivity index (χ0n) is 11.4. The van der Waals surface area contributed by atoms with Crippen LogP contribution in [0.1, 0.15) is 30.3 Å². The van der Waals surface area contributed by atoms with E-state index in [1.54, 1.807) is 0 Å². The Morgan fingerprint density at radius 1 is 1.67 bits per heavy atom. The van der Waals surface area contributed by atoms with Crippen LogP contribution in [0, 0.1) is 24.2 Å². The number of nitrogens with zero attached hydrogens (tertiary/aromatic N) is 2. The molecule has 0 aromatic carbocycles. The molecule has 1 saturated heterocycles. The van der Waals surface area contributed by atoms with Crippen molar-refractivity contribution in [2.45, 2.75) is 32.9 Å². The summed E-state index contributed by atoms with van der Waals surface area (Å²) >= 11 is 0. The molecular weight excluding hydrogens is 226 g/mol. The molecule has 2 atom stereocenters. The number of rotatable bonds is 4. The second kappa shape index (κ2) is 5.55. The number of ether oxygens (including phenoxy) is 1. The van der Waals surface area contributed by atoms with E-state index in [-0.39, 0.29) is 0 Å². The van der Waals surface area contributed by atoms with Crippen LogP contribution in [-0.4, -0.2) is 23.8 Å². The van der Waals surface area contributed by atoms with Crippen LogP contribution in [0.25, 0.3) is 0 Å². The van der Waals surface area contributed by atoms with Crippen molar-refractivity contribution in [1.82, 2.24) is 9.88 Å². The van der Waals surface area contributed by atoms with E-state index in [1.165, 1.54) is 5.56 Å². The van der Waals surface area contributed by atoms with Gasteiger partial charge in [-0.25, -0.2) is 0 Å². The van der Waals surface area contributed by atoms with Crippen molar-refractivity contribution in [3.05, 3.63) is 23.0 Å². The first-order valence-electron chi connectivity index (χ1n) is 6.50. The van der Waals surface area contributed by atoms with Gasteiger partial charge in [0.2, 0.25) is 0 Å². The zero-order chi connectivity index (χ0) is 13.1. The van der Waals surface area contributed by atoms with Crippen LogP contribution in [0.5, 0.6) is 0 Å². The van der Waals surface area contributed by atoms with Crippen molar-refractivity contribution in [3.8, 4) is 6.07 Å². The van der Waals surface area contributed by atoms with E-state index < -0.39 is 0 Å². The molecule has 1 N–H and O–H groups in total. The summed E-state index contributed by atoms with van der Waals surface area (Å²) in [6.45, 7) is 6.84. The molecule has 1 aromatic rings. The van der Waals surface area contributed by atoms with Crippen LogP contribution < -0.4 is 5.32 Å². The van der Waals surface area contributed by atoms with Gasteiger partial charge >= 0.3 is 0 Å². The molecule has 1 aromatic heterocycles. The highest BCUT2D eigenvalue weighted by Crippen LogP contribution is 2.18. The average molecular weight is 247 g/mol. The first-order chi connectivity index (χ1) is 8.63. The number of nitriles is 1. The number of hydrogen-bond donors (Lipinski definition) is 1. The summed E-state index contributed by atoms with van der Waals surface area (Å²) in [5, 5.41) is 12.5. The third kappa shape index (κ3) is 2.58. The molecule has 2 rings (SSSR count). The quantitative estimate of drug-likeness (QED) is 0.881. The third-order valence-electron chi connectivity index (χ3n) is 4.04. The van der Waals surface area contributed by atoms with Gasteiger partial charge in [0, 0.05) is 31.9 Å². The lowest BCUT2D eigenvalue weighted by molar-refractivity contribution is 0.178. The van der Waals surface area contributed by atoms with Gasteiger partial charge in [0.15, 0.2) is 0 Å². The van der Waals surface area contributed by atoms with Crippen molar-refractivity contribution in [2.24, 2.45) is 13.0 Å². The molecule has 1 aliphatic rings. The smallest absolute Gasteiger partial charge is 0.120 e. The predicted molar refractivity (Wildman–Crippen MR) is 70.1 cm³/mol. The Hall–Kier alpha value is -1.31. The average Bonchev–Trinajstić information content (AvgIpc) is 2.98. The maximum atomic E-state index is 9.00. The summed E-state index contributed by atoms with van der Waals surface area (Å²) in [6, 6.07) is 4.64. The minimum absolute atomic E-state index is 0.456. The first kappa shape index (κ1) is 13.1. The van der Waals surface area contributed by atoms with E-state index in [4.69, 9.17) is 10.00 Å². The molecule has 18 heavy (non-hydrogen) atoms. The van der Waals surface area contributed by atoms with Crippen molar-refractivity contribution >= 4 is 0 Å². The SMILES string of the molecule is Cc1c(CNC(C)C2CCOC2)cc(C#N)n1C. The standard InChI is InChI=1S/C14H21N3O/c1-10(12-4-5-18-9-12)16-8-13-6-14(7-15)17(3)11(13)2/h6,10,12,16H,4-5,8-9H2,1-3H3. The molecule has 0 aliphatic carbocycles. The molecule has 2 heterocycles. The maximum Gasteiger partial charge on any atom is 0.120 e. The lowest BCUT2D eigenvalue weighted by Crippen LogP contribution is -2.33. The molecule has 0 amide bonds. The maximum absolute atomic E-state index is 9.00. The predicted octanol–water partition coefficient (Wildman–Crippen LogP) is 1.72. The lowest BCUT2D eigenvalue weighted by atomic mass is 10.0.